The third kappa shape index (κ3) is 3.35. The van der Waals surface area contributed by atoms with Gasteiger partial charge in [-0.1, -0.05) is 18.2 Å². The van der Waals surface area contributed by atoms with E-state index in [2.05, 4.69) is 15.3 Å². The number of carbonyl (C=O) groups is 2. The molecule has 2 rings (SSSR count). The molecule has 0 atom stereocenters. The summed E-state index contributed by atoms with van der Waals surface area (Å²) in [5.74, 6) is -1.38. The largest absolute Gasteiger partial charge is 0.481 e. The van der Waals surface area contributed by atoms with E-state index in [4.69, 9.17) is 5.11 Å². The summed E-state index contributed by atoms with van der Waals surface area (Å²) >= 11 is 0. The van der Waals surface area contributed by atoms with Crippen molar-refractivity contribution in [3.63, 3.8) is 0 Å². The van der Waals surface area contributed by atoms with Crippen molar-refractivity contribution in [3.05, 3.63) is 54.1 Å². The van der Waals surface area contributed by atoms with Crippen LogP contribution in [-0.2, 0) is 11.2 Å². The van der Waals surface area contributed by atoms with Gasteiger partial charge in [-0.15, -0.1) is 0 Å². The summed E-state index contributed by atoms with van der Waals surface area (Å²) in [5.41, 5.74) is 1.17. The Labute approximate surface area is 109 Å². The van der Waals surface area contributed by atoms with Crippen molar-refractivity contribution in [2.75, 3.05) is 5.32 Å². The summed E-state index contributed by atoms with van der Waals surface area (Å²) in [7, 11) is 0. The molecule has 1 aromatic heterocycles. The molecule has 0 spiro atoms. The molecule has 0 saturated carbocycles. The average molecular weight is 257 g/mol. The highest BCUT2D eigenvalue weighted by molar-refractivity contribution is 6.03. The van der Waals surface area contributed by atoms with E-state index in [-0.39, 0.29) is 12.1 Å². The lowest BCUT2D eigenvalue weighted by Crippen LogP contribution is -2.15. The van der Waals surface area contributed by atoms with Crippen LogP contribution in [0.25, 0.3) is 0 Å². The average Bonchev–Trinajstić information content (AvgIpc) is 2.41. The van der Waals surface area contributed by atoms with E-state index in [1.807, 2.05) is 0 Å². The van der Waals surface area contributed by atoms with Gasteiger partial charge in [-0.2, -0.15) is 0 Å². The molecule has 6 nitrogen and oxygen atoms in total. The van der Waals surface area contributed by atoms with E-state index in [0.29, 0.717) is 11.3 Å². The highest BCUT2D eigenvalue weighted by Gasteiger charge is 2.11. The minimum Gasteiger partial charge on any atom is -0.481 e. The number of nitrogens with zero attached hydrogens (tertiary/aromatic N) is 2. The number of hydrogen-bond acceptors (Lipinski definition) is 4. The van der Waals surface area contributed by atoms with E-state index in [1.165, 1.54) is 18.6 Å². The molecule has 2 N–H and O–H groups in total. The van der Waals surface area contributed by atoms with Gasteiger partial charge < -0.3 is 10.4 Å². The maximum absolute atomic E-state index is 11.9. The number of rotatable bonds is 4. The smallest absolute Gasteiger partial charge is 0.307 e. The zero-order chi connectivity index (χ0) is 13.7. The highest BCUT2D eigenvalue weighted by atomic mass is 16.4. The highest BCUT2D eigenvalue weighted by Crippen LogP contribution is 2.16. The van der Waals surface area contributed by atoms with Crippen molar-refractivity contribution in [2.24, 2.45) is 0 Å². The first-order valence-corrected chi connectivity index (χ1v) is 5.54. The number of carboxylic acid groups (broad SMARTS) is 1. The minimum absolute atomic E-state index is 0.156. The maximum Gasteiger partial charge on any atom is 0.307 e. The van der Waals surface area contributed by atoms with E-state index < -0.39 is 11.9 Å². The van der Waals surface area contributed by atoms with E-state index in [9.17, 15) is 9.59 Å². The Morgan fingerprint density at radius 3 is 2.68 bits per heavy atom. The van der Waals surface area contributed by atoms with E-state index >= 15 is 0 Å². The van der Waals surface area contributed by atoms with Crippen molar-refractivity contribution in [1.29, 1.82) is 0 Å². The molecule has 19 heavy (non-hydrogen) atoms. The Balaban J connectivity index is 2.19. The molecular formula is C13H11N3O3. The number of carbonyl (C=O) groups excluding carboxylic acids is 1. The molecule has 0 aliphatic heterocycles. The topological polar surface area (TPSA) is 92.2 Å². The number of hydrogen-bond donors (Lipinski definition) is 2. The molecule has 0 aliphatic rings. The maximum atomic E-state index is 11.9. The molecule has 1 aromatic carbocycles. The Morgan fingerprint density at radius 1 is 1.21 bits per heavy atom. The molecule has 2 aromatic rings. The van der Waals surface area contributed by atoms with Gasteiger partial charge in [0.25, 0.3) is 5.91 Å². The molecule has 0 unspecified atom stereocenters. The Morgan fingerprint density at radius 2 is 2.00 bits per heavy atom. The zero-order valence-electron chi connectivity index (χ0n) is 9.91. The van der Waals surface area contributed by atoms with Crippen LogP contribution in [0.4, 0.5) is 5.69 Å². The van der Waals surface area contributed by atoms with Gasteiger partial charge in [-0.3, -0.25) is 14.6 Å². The summed E-state index contributed by atoms with van der Waals surface area (Å²) in [5, 5.41) is 11.4. The van der Waals surface area contributed by atoms with Crippen molar-refractivity contribution >= 4 is 17.6 Å². The van der Waals surface area contributed by atoms with Crippen LogP contribution < -0.4 is 5.32 Å². The first-order chi connectivity index (χ1) is 9.16. The summed E-state index contributed by atoms with van der Waals surface area (Å²) < 4.78 is 0. The lowest BCUT2D eigenvalue weighted by atomic mass is 10.1. The van der Waals surface area contributed by atoms with Crippen LogP contribution in [0.1, 0.15) is 16.1 Å². The van der Waals surface area contributed by atoms with Crippen LogP contribution in [0, 0.1) is 0 Å². The van der Waals surface area contributed by atoms with E-state index in [1.54, 1.807) is 24.3 Å². The lowest BCUT2D eigenvalue weighted by molar-refractivity contribution is -0.136. The summed E-state index contributed by atoms with van der Waals surface area (Å²) in [6.45, 7) is 0. The molecule has 0 bridgehead atoms. The molecule has 6 heteroatoms. The molecule has 0 radical (unpaired) electrons. The molecule has 0 fully saturated rings. The number of benzene rings is 1. The van der Waals surface area contributed by atoms with Gasteiger partial charge in [-0.05, 0) is 11.6 Å². The van der Waals surface area contributed by atoms with Gasteiger partial charge in [0.2, 0.25) is 0 Å². The second kappa shape index (κ2) is 5.72. The number of anilines is 1. The zero-order valence-corrected chi connectivity index (χ0v) is 9.91. The quantitative estimate of drug-likeness (QED) is 0.862. The van der Waals surface area contributed by atoms with Gasteiger partial charge in [-0.25, -0.2) is 4.98 Å². The number of nitrogens with one attached hydrogen (secondary N) is 1. The van der Waals surface area contributed by atoms with Gasteiger partial charge in [0.05, 0.1) is 12.6 Å². The van der Waals surface area contributed by atoms with Crippen LogP contribution >= 0.6 is 0 Å². The Kier molecular flexibility index (Phi) is 3.82. The molecule has 0 saturated heterocycles. The van der Waals surface area contributed by atoms with Crippen LogP contribution in [0.5, 0.6) is 0 Å². The van der Waals surface area contributed by atoms with Crippen molar-refractivity contribution in [2.45, 2.75) is 6.42 Å². The summed E-state index contributed by atoms with van der Waals surface area (Å²) in [4.78, 5) is 30.3. The first-order valence-electron chi connectivity index (χ1n) is 5.54. The third-order valence-corrected chi connectivity index (χ3v) is 2.40. The second-order valence-corrected chi connectivity index (χ2v) is 3.77. The third-order valence-electron chi connectivity index (χ3n) is 2.40. The normalized spacial score (nSPS) is 9.89. The van der Waals surface area contributed by atoms with Gasteiger partial charge >= 0.3 is 5.97 Å². The molecular weight excluding hydrogens is 246 g/mol. The van der Waals surface area contributed by atoms with Gasteiger partial charge in [0.15, 0.2) is 0 Å². The van der Waals surface area contributed by atoms with E-state index in [0.717, 1.165) is 0 Å². The number of para-hydroxylation sites is 1. The fourth-order valence-electron chi connectivity index (χ4n) is 1.56. The van der Waals surface area contributed by atoms with Crippen LogP contribution in [0.2, 0.25) is 0 Å². The first kappa shape index (κ1) is 12.7. The minimum atomic E-state index is -0.957. The molecule has 1 heterocycles. The molecule has 96 valence electrons. The van der Waals surface area contributed by atoms with Crippen LogP contribution in [0.15, 0.2) is 42.9 Å². The molecule has 0 aliphatic carbocycles. The van der Waals surface area contributed by atoms with Gasteiger partial charge in [0.1, 0.15) is 5.69 Å². The van der Waals surface area contributed by atoms with Crippen molar-refractivity contribution in [1.82, 2.24) is 9.97 Å². The Hall–Kier alpha value is -2.76. The fraction of sp³-hybridized carbons (Fsp3) is 0.0769. The van der Waals surface area contributed by atoms with Gasteiger partial charge in [0, 0.05) is 18.1 Å². The standard InChI is InChI=1S/C13H11N3O3/c17-12(18)7-9-3-1-2-4-10(9)16-13(19)11-8-14-5-6-15-11/h1-6,8H,7H2,(H,16,19)(H,17,18). The van der Waals surface area contributed by atoms with Crippen molar-refractivity contribution < 1.29 is 14.7 Å². The number of aliphatic carboxylic acids is 1. The number of amides is 1. The predicted molar refractivity (Wildman–Crippen MR) is 67.8 cm³/mol. The van der Waals surface area contributed by atoms with Crippen LogP contribution in [0.3, 0.4) is 0 Å². The monoisotopic (exact) mass is 257 g/mol. The lowest BCUT2D eigenvalue weighted by Gasteiger charge is -2.08. The predicted octanol–water partition coefficient (Wildman–Crippen LogP) is 1.36. The molecule has 1 amide bonds. The summed E-state index contributed by atoms with van der Waals surface area (Å²) in [6.07, 6.45) is 4.07. The number of aromatic nitrogens is 2. The van der Waals surface area contributed by atoms with Crippen molar-refractivity contribution in [3.8, 4) is 0 Å². The second-order valence-electron chi connectivity index (χ2n) is 3.77. The summed E-state index contributed by atoms with van der Waals surface area (Å²) in [6, 6.07) is 6.74. The SMILES string of the molecule is O=C(O)Cc1ccccc1NC(=O)c1cnccn1. The Bertz CT molecular complexity index is 599. The van der Waals surface area contributed by atoms with Crippen LogP contribution in [-0.4, -0.2) is 27.0 Å². The number of carboxylic acids is 1. The fourth-order valence-corrected chi connectivity index (χ4v) is 1.56.